The van der Waals surface area contributed by atoms with E-state index < -0.39 is 0 Å². The van der Waals surface area contributed by atoms with Gasteiger partial charge in [0, 0.05) is 17.2 Å². The minimum atomic E-state index is 0.110. The van der Waals surface area contributed by atoms with E-state index in [1.54, 1.807) is 7.11 Å². The standard InChI is InChI=1S/C11H16N2O2/c1-8-5-9(6-13-10(8)14-2)11(3-4-11)7-15-12/h5-6H,3-4,7,12H2,1-2H3. The third kappa shape index (κ3) is 1.82. The normalized spacial score (nSPS) is 17.5. The molecule has 0 bridgehead atoms. The first-order valence-corrected chi connectivity index (χ1v) is 5.05. The molecule has 0 amide bonds. The maximum atomic E-state index is 5.14. The molecule has 1 saturated carbocycles. The molecule has 0 spiro atoms. The zero-order chi connectivity index (χ0) is 10.9. The Morgan fingerprint density at radius 2 is 2.27 bits per heavy atom. The number of nitrogens with two attached hydrogens (primary N) is 1. The maximum absolute atomic E-state index is 5.14. The molecular weight excluding hydrogens is 192 g/mol. The number of aromatic nitrogens is 1. The number of nitrogens with zero attached hydrogens (tertiary/aromatic N) is 1. The van der Waals surface area contributed by atoms with Crippen LogP contribution in [0.1, 0.15) is 24.0 Å². The Labute approximate surface area is 89.4 Å². The second-order valence-electron chi connectivity index (χ2n) is 4.14. The van der Waals surface area contributed by atoms with Gasteiger partial charge in [-0.3, -0.25) is 0 Å². The van der Waals surface area contributed by atoms with Gasteiger partial charge in [0.15, 0.2) is 0 Å². The lowest BCUT2D eigenvalue weighted by molar-refractivity contribution is 0.116. The molecule has 0 radical (unpaired) electrons. The molecule has 4 nitrogen and oxygen atoms in total. The molecule has 1 fully saturated rings. The lowest BCUT2D eigenvalue weighted by Crippen LogP contribution is -2.18. The Morgan fingerprint density at radius 1 is 1.53 bits per heavy atom. The molecule has 2 rings (SSSR count). The first-order chi connectivity index (χ1) is 7.22. The summed E-state index contributed by atoms with van der Waals surface area (Å²) in [5.74, 6) is 5.82. The van der Waals surface area contributed by atoms with Gasteiger partial charge >= 0.3 is 0 Å². The predicted octanol–water partition coefficient (Wildman–Crippen LogP) is 1.32. The second kappa shape index (κ2) is 3.79. The van der Waals surface area contributed by atoms with Crippen molar-refractivity contribution in [1.29, 1.82) is 0 Å². The van der Waals surface area contributed by atoms with E-state index >= 15 is 0 Å². The van der Waals surface area contributed by atoms with Crippen LogP contribution in [0, 0.1) is 6.92 Å². The van der Waals surface area contributed by atoms with Gasteiger partial charge in [-0.25, -0.2) is 10.9 Å². The lowest BCUT2D eigenvalue weighted by Gasteiger charge is -2.14. The largest absolute Gasteiger partial charge is 0.481 e. The van der Waals surface area contributed by atoms with E-state index in [4.69, 9.17) is 15.5 Å². The van der Waals surface area contributed by atoms with E-state index in [1.165, 1.54) is 5.56 Å². The predicted molar refractivity (Wildman–Crippen MR) is 56.6 cm³/mol. The highest BCUT2D eigenvalue weighted by atomic mass is 16.6. The lowest BCUT2D eigenvalue weighted by atomic mass is 9.98. The SMILES string of the molecule is COc1ncc(C2(CON)CC2)cc1C. The van der Waals surface area contributed by atoms with E-state index in [1.807, 2.05) is 13.1 Å². The zero-order valence-electron chi connectivity index (χ0n) is 9.12. The Hall–Kier alpha value is -1.13. The van der Waals surface area contributed by atoms with Crippen LogP contribution in [-0.4, -0.2) is 18.7 Å². The number of ether oxygens (including phenoxy) is 1. The molecule has 0 aromatic carbocycles. The summed E-state index contributed by atoms with van der Waals surface area (Å²) in [5, 5.41) is 0. The third-order valence-corrected chi connectivity index (χ3v) is 3.05. The van der Waals surface area contributed by atoms with Gasteiger partial charge in [0.05, 0.1) is 13.7 Å². The quantitative estimate of drug-likeness (QED) is 0.758. The summed E-state index contributed by atoms with van der Waals surface area (Å²) >= 11 is 0. The van der Waals surface area contributed by atoms with Crippen LogP contribution in [0.25, 0.3) is 0 Å². The van der Waals surface area contributed by atoms with E-state index in [-0.39, 0.29) is 5.41 Å². The topological polar surface area (TPSA) is 57.4 Å². The van der Waals surface area contributed by atoms with Gasteiger partial charge in [0.1, 0.15) is 0 Å². The third-order valence-electron chi connectivity index (χ3n) is 3.05. The van der Waals surface area contributed by atoms with Crippen molar-refractivity contribution >= 4 is 0 Å². The first-order valence-electron chi connectivity index (χ1n) is 5.05. The first kappa shape index (κ1) is 10.4. The Bertz CT molecular complexity index is 362. The van der Waals surface area contributed by atoms with Gasteiger partial charge in [0.25, 0.3) is 0 Å². The van der Waals surface area contributed by atoms with E-state index in [9.17, 15) is 0 Å². The summed E-state index contributed by atoms with van der Waals surface area (Å²) < 4.78 is 5.13. The summed E-state index contributed by atoms with van der Waals surface area (Å²) in [6.07, 6.45) is 4.10. The number of methoxy groups -OCH3 is 1. The molecule has 2 N–H and O–H groups in total. The fourth-order valence-corrected chi connectivity index (χ4v) is 1.89. The second-order valence-corrected chi connectivity index (χ2v) is 4.14. The van der Waals surface area contributed by atoms with Gasteiger partial charge < -0.3 is 9.57 Å². The number of hydrogen-bond acceptors (Lipinski definition) is 4. The fourth-order valence-electron chi connectivity index (χ4n) is 1.89. The number of aryl methyl sites for hydroxylation is 1. The molecule has 1 aliphatic rings. The van der Waals surface area contributed by atoms with E-state index in [0.29, 0.717) is 12.5 Å². The summed E-state index contributed by atoms with van der Waals surface area (Å²) in [6.45, 7) is 2.56. The van der Waals surface area contributed by atoms with Gasteiger partial charge in [-0.05, 0) is 31.4 Å². The monoisotopic (exact) mass is 208 g/mol. The van der Waals surface area contributed by atoms with Crippen LogP contribution >= 0.6 is 0 Å². The molecule has 1 aromatic rings. The van der Waals surface area contributed by atoms with Crippen molar-refractivity contribution in [3.05, 3.63) is 23.4 Å². The van der Waals surface area contributed by atoms with Crippen molar-refractivity contribution in [3.8, 4) is 5.88 Å². The summed E-state index contributed by atoms with van der Waals surface area (Å²) in [7, 11) is 1.63. The molecule has 0 unspecified atom stereocenters. The van der Waals surface area contributed by atoms with Crippen LogP contribution in [0.5, 0.6) is 5.88 Å². The van der Waals surface area contributed by atoms with Crippen molar-refractivity contribution in [2.24, 2.45) is 5.90 Å². The van der Waals surface area contributed by atoms with Crippen LogP contribution in [0.3, 0.4) is 0 Å². The number of hydrogen-bond donors (Lipinski definition) is 1. The highest BCUT2D eigenvalue weighted by Crippen LogP contribution is 2.48. The molecule has 4 heteroatoms. The highest BCUT2D eigenvalue weighted by molar-refractivity contribution is 5.36. The van der Waals surface area contributed by atoms with E-state index in [2.05, 4.69) is 11.1 Å². The van der Waals surface area contributed by atoms with Gasteiger partial charge in [-0.1, -0.05) is 0 Å². The average Bonchev–Trinajstić information content (AvgIpc) is 2.99. The molecule has 0 saturated heterocycles. The van der Waals surface area contributed by atoms with Crippen LogP contribution < -0.4 is 10.6 Å². The zero-order valence-corrected chi connectivity index (χ0v) is 9.12. The van der Waals surface area contributed by atoms with Crippen molar-refractivity contribution in [3.63, 3.8) is 0 Å². The molecule has 82 valence electrons. The molecule has 1 aromatic heterocycles. The number of pyridine rings is 1. The molecule has 1 heterocycles. The molecule has 0 aliphatic heterocycles. The van der Waals surface area contributed by atoms with Gasteiger partial charge in [-0.15, -0.1) is 0 Å². The summed E-state index contributed by atoms with van der Waals surface area (Å²) in [5.41, 5.74) is 2.36. The Balaban J connectivity index is 2.26. The smallest absolute Gasteiger partial charge is 0.215 e. The van der Waals surface area contributed by atoms with Crippen molar-refractivity contribution in [2.75, 3.05) is 13.7 Å². The fraction of sp³-hybridized carbons (Fsp3) is 0.545. The molecular formula is C11H16N2O2. The van der Waals surface area contributed by atoms with Crippen LogP contribution in [-0.2, 0) is 10.3 Å². The van der Waals surface area contributed by atoms with Crippen LogP contribution in [0.15, 0.2) is 12.3 Å². The average molecular weight is 208 g/mol. The van der Waals surface area contributed by atoms with Crippen LogP contribution in [0.4, 0.5) is 0 Å². The van der Waals surface area contributed by atoms with Gasteiger partial charge in [-0.2, -0.15) is 0 Å². The maximum Gasteiger partial charge on any atom is 0.215 e. The minimum absolute atomic E-state index is 0.110. The number of rotatable bonds is 4. The molecule has 0 atom stereocenters. The summed E-state index contributed by atoms with van der Waals surface area (Å²) in [6, 6.07) is 2.11. The van der Waals surface area contributed by atoms with Crippen molar-refractivity contribution in [1.82, 2.24) is 4.98 Å². The Kier molecular flexibility index (Phi) is 2.63. The van der Waals surface area contributed by atoms with Gasteiger partial charge in [0.2, 0.25) is 5.88 Å². The van der Waals surface area contributed by atoms with Crippen LogP contribution in [0.2, 0.25) is 0 Å². The molecule has 1 aliphatic carbocycles. The Morgan fingerprint density at radius 3 is 2.73 bits per heavy atom. The summed E-state index contributed by atoms with van der Waals surface area (Å²) in [4.78, 5) is 9.03. The molecule has 15 heavy (non-hydrogen) atoms. The van der Waals surface area contributed by atoms with E-state index in [0.717, 1.165) is 18.4 Å². The highest BCUT2D eigenvalue weighted by Gasteiger charge is 2.45. The van der Waals surface area contributed by atoms with Crippen molar-refractivity contribution < 1.29 is 9.57 Å². The minimum Gasteiger partial charge on any atom is -0.481 e. The van der Waals surface area contributed by atoms with Crippen molar-refractivity contribution in [2.45, 2.75) is 25.2 Å².